The van der Waals surface area contributed by atoms with Crippen molar-refractivity contribution >= 4 is 5.97 Å². The van der Waals surface area contributed by atoms with Crippen molar-refractivity contribution in [1.82, 2.24) is 5.32 Å². The van der Waals surface area contributed by atoms with Crippen LogP contribution >= 0.6 is 0 Å². The summed E-state index contributed by atoms with van der Waals surface area (Å²) < 4.78 is 4.54. The first-order valence-electron chi connectivity index (χ1n) is 4.74. The van der Waals surface area contributed by atoms with Gasteiger partial charge in [-0.2, -0.15) is 0 Å². The third kappa shape index (κ3) is 3.01. The molecule has 16 heavy (non-hydrogen) atoms. The second-order valence-corrected chi connectivity index (χ2v) is 3.06. The monoisotopic (exact) mass is 219 g/mol. The van der Waals surface area contributed by atoms with E-state index in [-0.39, 0.29) is 11.3 Å². The maximum atomic E-state index is 11.3. The molecule has 4 heteroatoms. The molecule has 84 valence electrons. The molecule has 0 radical (unpaired) electrons. The molecule has 0 aromatic heterocycles. The van der Waals surface area contributed by atoms with Gasteiger partial charge in [0.25, 0.3) is 0 Å². The summed E-state index contributed by atoms with van der Waals surface area (Å²) in [5.41, 5.74) is 0.784. The van der Waals surface area contributed by atoms with E-state index in [0.717, 1.165) is 0 Å². The van der Waals surface area contributed by atoms with Crippen molar-refractivity contribution in [3.05, 3.63) is 29.3 Å². The van der Waals surface area contributed by atoms with Gasteiger partial charge in [-0.3, -0.25) is 0 Å². The smallest absolute Gasteiger partial charge is 0.341 e. The first kappa shape index (κ1) is 12.1. The Balaban J connectivity index is 2.99. The number of phenolic OH excluding ortho intramolecular Hbond substituents is 1. The number of methoxy groups -OCH3 is 1. The van der Waals surface area contributed by atoms with E-state index in [4.69, 9.17) is 0 Å². The molecule has 0 fully saturated rings. The average molecular weight is 219 g/mol. The number of carbonyl (C=O) groups is 1. The third-order valence-corrected chi connectivity index (χ3v) is 1.90. The molecule has 0 amide bonds. The number of ether oxygens (including phenoxy) is 1. The summed E-state index contributed by atoms with van der Waals surface area (Å²) in [7, 11) is 3.06. The van der Waals surface area contributed by atoms with E-state index in [1.165, 1.54) is 19.2 Å². The summed E-state index contributed by atoms with van der Waals surface area (Å²) in [6.07, 6.45) is 0. The van der Waals surface area contributed by atoms with Crippen LogP contribution in [0.3, 0.4) is 0 Å². The maximum absolute atomic E-state index is 11.3. The van der Waals surface area contributed by atoms with E-state index in [1.807, 2.05) is 0 Å². The van der Waals surface area contributed by atoms with Crippen LogP contribution in [0.25, 0.3) is 0 Å². The highest BCUT2D eigenvalue weighted by Crippen LogP contribution is 2.18. The van der Waals surface area contributed by atoms with Crippen LogP contribution in [0, 0.1) is 11.8 Å². The fourth-order valence-electron chi connectivity index (χ4n) is 1.12. The molecule has 0 bridgehead atoms. The predicted molar refractivity (Wildman–Crippen MR) is 60.3 cm³/mol. The standard InChI is InChI=1S/C12H13NO3/c1-13-7-3-4-9-5-6-11(14)10(8-9)12(15)16-2/h5-6,8,13-14H,7H2,1-2H3. The lowest BCUT2D eigenvalue weighted by Gasteiger charge is -2.02. The number of aromatic hydroxyl groups is 1. The molecule has 0 spiro atoms. The lowest BCUT2D eigenvalue weighted by molar-refractivity contribution is 0.0597. The van der Waals surface area contributed by atoms with Crippen LogP contribution < -0.4 is 5.32 Å². The van der Waals surface area contributed by atoms with Gasteiger partial charge >= 0.3 is 5.97 Å². The second kappa shape index (κ2) is 5.79. The van der Waals surface area contributed by atoms with Crippen LogP contribution in [0.1, 0.15) is 15.9 Å². The molecule has 0 aliphatic heterocycles. The Morgan fingerprint density at radius 2 is 2.31 bits per heavy atom. The number of hydrogen-bond donors (Lipinski definition) is 2. The summed E-state index contributed by atoms with van der Waals surface area (Å²) in [4.78, 5) is 11.3. The van der Waals surface area contributed by atoms with Gasteiger partial charge in [-0.05, 0) is 25.2 Å². The zero-order chi connectivity index (χ0) is 12.0. The van der Waals surface area contributed by atoms with Gasteiger partial charge in [0.05, 0.1) is 13.7 Å². The van der Waals surface area contributed by atoms with E-state index < -0.39 is 5.97 Å². The minimum Gasteiger partial charge on any atom is -0.507 e. The average Bonchev–Trinajstić information content (AvgIpc) is 2.30. The largest absolute Gasteiger partial charge is 0.507 e. The van der Waals surface area contributed by atoms with Gasteiger partial charge in [0, 0.05) is 5.56 Å². The van der Waals surface area contributed by atoms with Gasteiger partial charge in [-0.25, -0.2) is 4.79 Å². The molecule has 2 N–H and O–H groups in total. The lowest BCUT2D eigenvalue weighted by atomic mass is 10.1. The zero-order valence-electron chi connectivity index (χ0n) is 9.20. The number of phenols is 1. The van der Waals surface area contributed by atoms with Crippen molar-refractivity contribution in [2.24, 2.45) is 0 Å². The molecule has 0 aliphatic carbocycles. The Hall–Kier alpha value is -1.99. The van der Waals surface area contributed by atoms with Crippen molar-refractivity contribution in [3.63, 3.8) is 0 Å². The van der Waals surface area contributed by atoms with E-state index in [0.29, 0.717) is 12.1 Å². The van der Waals surface area contributed by atoms with Gasteiger partial charge in [0.15, 0.2) is 0 Å². The van der Waals surface area contributed by atoms with Crippen LogP contribution in [0.2, 0.25) is 0 Å². The minimum absolute atomic E-state index is 0.106. The molecule has 0 aliphatic rings. The zero-order valence-corrected chi connectivity index (χ0v) is 9.20. The SMILES string of the molecule is CNCC#Cc1ccc(O)c(C(=O)OC)c1. The first-order valence-corrected chi connectivity index (χ1v) is 4.74. The van der Waals surface area contributed by atoms with Gasteiger partial charge < -0.3 is 15.2 Å². The molecule has 0 unspecified atom stereocenters. The Bertz CT molecular complexity index is 443. The topological polar surface area (TPSA) is 58.6 Å². The predicted octanol–water partition coefficient (Wildman–Crippen LogP) is 0.750. The van der Waals surface area contributed by atoms with Crippen LogP contribution in [0.5, 0.6) is 5.75 Å². The van der Waals surface area contributed by atoms with Crippen LogP contribution in [0.4, 0.5) is 0 Å². The number of nitrogens with one attached hydrogen (secondary N) is 1. The van der Waals surface area contributed by atoms with Crippen molar-refractivity contribution in [2.75, 3.05) is 20.7 Å². The third-order valence-electron chi connectivity index (χ3n) is 1.90. The van der Waals surface area contributed by atoms with E-state index in [2.05, 4.69) is 21.9 Å². The summed E-state index contributed by atoms with van der Waals surface area (Å²) in [5.74, 6) is 5.04. The van der Waals surface area contributed by atoms with Crippen LogP contribution in [-0.2, 0) is 4.74 Å². The summed E-state index contributed by atoms with van der Waals surface area (Å²) in [6, 6.07) is 4.57. The summed E-state index contributed by atoms with van der Waals surface area (Å²) in [6.45, 7) is 0.564. The van der Waals surface area contributed by atoms with E-state index in [1.54, 1.807) is 13.1 Å². The van der Waals surface area contributed by atoms with Crippen LogP contribution in [-0.4, -0.2) is 31.8 Å². The fourth-order valence-corrected chi connectivity index (χ4v) is 1.12. The van der Waals surface area contributed by atoms with Crippen molar-refractivity contribution in [1.29, 1.82) is 0 Å². The number of hydrogen-bond acceptors (Lipinski definition) is 4. The molecular formula is C12H13NO3. The van der Waals surface area contributed by atoms with Gasteiger partial charge in [-0.15, -0.1) is 0 Å². The molecule has 0 heterocycles. The molecule has 1 aromatic carbocycles. The van der Waals surface area contributed by atoms with E-state index in [9.17, 15) is 9.90 Å². The Kier molecular flexibility index (Phi) is 4.37. The first-order chi connectivity index (χ1) is 7.69. The Morgan fingerprint density at radius 1 is 1.56 bits per heavy atom. The minimum atomic E-state index is -0.574. The van der Waals surface area contributed by atoms with Crippen molar-refractivity contribution in [3.8, 4) is 17.6 Å². The van der Waals surface area contributed by atoms with Crippen molar-refractivity contribution < 1.29 is 14.6 Å². The van der Waals surface area contributed by atoms with Crippen LogP contribution in [0.15, 0.2) is 18.2 Å². The molecule has 1 rings (SSSR count). The van der Waals surface area contributed by atoms with Gasteiger partial charge in [-0.1, -0.05) is 11.8 Å². The number of benzene rings is 1. The number of esters is 1. The molecule has 0 saturated carbocycles. The Labute approximate surface area is 94.2 Å². The van der Waals surface area contributed by atoms with E-state index >= 15 is 0 Å². The summed E-state index contributed by atoms with van der Waals surface area (Å²) >= 11 is 0. The quantitative estimate of drug-likeness (QED) is 0.569. The highest BCUT2D eigenvalue weighted by atomic mass is 16.5. The highest BCUT2D eigenvalue weighted by molar-refractivity contribution is 5.92. The highest BCUT2D eigenvalue weighted by Gasteiger charge is 2.11. The van der Waals surface area contributed by atoms with Gasteiger partial charge in [0.2, 0.25) is 0 Å². The fraction of sp³-hybridized carbons (Fsp3) is 0.250. The molecule has 1 aromatic rings. The lowest BCUT2D eigenvalue weighted by Crippen LogP contribution is -2.04. The maximum Gasteiger partial charge on any atom is 0.341 e. The molecule has 4 nitrogen and oxygen atoms in total. The normalized spacial score (nSPS) is 9.12. The molecule has 0 saturated heterocycles. The molecular weight excluding hydrogens is 206 g/mol. The number of rotatable bonds is 2. The molecule has 0 atom stereocenters. The van der Waals surface area contributed by atoms with Crippen molar-refractivity contribution in [2.45, 2.75) is 0 Å². The second-order valence-electron chi connectivity index (χ2n) is 3.06. The number of carbonyl (C=O) groups excluding carboxylic acids is 1. The summed E-state index contributed by atoms with van der Waals surface area (Å²) in [5, 5.41) is 12.3. The van der Waals surface area contributed by atoms with Gasteiger partial charge in [0.1, 0.15) is 11.3 Å². The Morgan fingerprint density at radius 3 is 2.94 bits per heavy atom.